The normalized spacial score (nSPS) is 10.7. The van der Waals surface area contributed by atoms with Crippen LogP contribution >= 0.6 is 0 Å². The van der Waals surface area contributed by atoms with E-state index in [1.165, 1.54) is 4.57 Å². The lowest BCUT2D eigenvalue weighted by Gasteiger charge is -2.11. The number of pyridine rings is 1. The fraction of sp³-hybridized carbons (Fsp3) is 0.231. The fourth-order valence-electron chi connectivity index (χ4n) is 1.92. The first kappa shape index (κ1) is 12.3. The van der Waals surface area contributed by atoms with Crippen molar-refractivity contribution in [3.8, 4) is 0 Å². The Hall–Kier alpha value is -2.14. The molecule has 5 heteroatoms. The Labute approximate surface area is 103 Å². The molecular formula is C13H13NO4. The van der Waals surface area contributed by atoms with Gasteiger partial charge < -0.3 is 14.4 Å². The minimum Gasteiger partial charge on any atom is -0.478 e. The molecular weight excluding hydrogens is 234 g/mol. The first-order valence-corrected chi connectivity index (χ1v) is 5.50. The van der Waals surface area contributed by atoms with Crippen LogP contribution in [0.1, 0.15) is 10.4 Å². The molecule has 1 N–H and O–H groups in total. The van der Waals surface area contributed by atoms with E-state index in [4.69, 9.17) is 9.84 Å². The summed E-state index contributed by atoms with van der Waals surface area (Å²) in [6, 6.07) is 8.11. The molecule has 0 saturated carbocycles. The summed E-state index contributed by atoms with van der Waals surface area (Å²) in [5.74, 6) is -1.10. The number of hydrogen-bond donors (Lipinski definition) is 1. The molecule has 0 aliphatic rings. The molecule has 0 bridgehead atoms. The molecule has 0 radical (unpaired) electrons. The van der Waals surface area contributed by atoms with Gasteiger partial charge in [0.05, 0.1) is 17.7 Å². The summed E-state index contributed by atoms with van der Waals surface area (Å²) in [7, 11) is 1.55. The monoisotopic (exact) mass is 247 g/mol. The summed E-state index contributed by atoms with van der Waals surface area (Å²) in [5.41, 5.74) is 0.312. The van der Waals surface area contributed by atoms with E-state index in [0.29, 0.717) is 24.1 Å². The lowest BCUT2D eigenvalue weighted by atomic mass is 10.1. The maximum atomic E-state index is 11.9. The molecule has 0 aliphatic carbocycles. The number of methoxy groups -OCH3 is 1. The second-order valence-electron chi connectivity index (χ2n) is 3.86. The highest BCUT2D eigenvalue weighted by Crippen LogP contribution is 2.16. The number of ether oxygens (including phenoxy) is 1. The van der Waals surface area contributed by atoms with E-state index in [0.717, 1.165) is 6.07 Å². The quantitative estimate of drug-likeness (QED) is 0.885. The fourth-order valence-corrected chi connectivity index (χ4v) is 1.92. The Morgan fingerprint density at radius 2 is 2.11 bits per heavy atom. The lowest BCUT2D eigenvalue weighted by Crippen LogP contribution is -2.23. The molecule has 0 saturated heterocycles. The summed E-state index contributed by atoms with van der Waals surface area (Å²) in [4.78, 5) is 23.0. The third-order valence-electron chi connectivity index (χ3n) is 2.77. The Bertz CT molecular complexity index is 645. The van der Waals surface area contributed by atoms with Crippen molar-refractivity contribution in [3.63, 3.8) is 0 Å². The standard InChI is InChI=1S/C13H13NO4/c1-18-7-6-14-11-5-3-2-4-9(11)10(13(16)17)8-12(14)15/h2-5,8H,6-7H2,1H3,(H,16,17). The molecule has 1 heterocycles. The zero-order chi connectivity index (χ0) is 13.1. The van der Waals surface area contributed by atoms with Gasteiger partial charge in [-0.3, -0.25) is 4.79 Å². The summed E-state index contributed by atoms with van der Waals surface area (Å²) in [6.07, 6.45) is 0. The summed E-state index contributed by atoms with van der Waals surface area (Å²) in [6.45, 7) is 0.798. The predicted molar refractivity (Wildman–Crippen MR) is 67.0 cm³/mol. The van der Waals surface area contributed by atoms with Crippen molar-refractivity contribution in [1.82, 2.24) is 4.57 Å². The Balaban J connectivity index is 2.73. The van der Waals surface area contributed by atoms with Gasteiger partial charge in [0, 0.05) is 25.1 Å². The van der Waals surface area contributed by atoms with Crippen molar-refractivity contribution >= 4 is 16.9 Å². The zero-order valence-electron chi connectivity index (χ0n) is 9.92. The van der Waals surface area contributed by atoms with Gasteiger partial charge in [0.1, 0.15) is 0 Å². The molecule has 2 rings (SSSR count). The van der Waals surface area contributed by atoms with Crippen LogP contribution in [-0.4, -0.2) is 29.4 Å². The van der Waals surface area contributed by atoms with Gasteiger partial charge in [-0.05, 0) is 6.07 Å². The van der Waals surface area contributed by atoms with Crippen LogP contribution < -0.4 is 5.56 Å². The molecule has 0 aliphatic heterocycles. The number of aromatic nitrogens is 1. The number of fused-ring (bicyclic) bond motifs is 1. The van der Waals surface area contributed by atoms with Crippen molar-refractivity contribution in [2.24, 2.45) is 0 Å². The number of aromatic carboxylic acids is 1. The van der Waals surface area contributed by atoms with E-state index >= 15 is 0 Å². The van der Waals surface area contributed by atoms with Crippen LogP contribution in [0.4, 0.5) is 0 Å². The third-order valence-corrected chi connectivity index (χ3v) is 2.77. The van der Waals surface area contributed by atoms with Crippen LogP contribution in [0.2, 0.25) is 0 Å². The number of carbonyl (C=O) groups is 1. The van der Waals surface area contributed by atoms with Crippen LogP contribution in [-0.2, 0) is 11.3 Å². The SMILES string of the molecule is COCCn1c(=O)cc(C(=O)O)c2ccccc21. The smallest absolute Gasteiger partial charge is 0.336 e. The van der Waals surface area contributed by atoms with Gasteiger partial charge >= 0.3 is 5.97 Å². The highest BCUT2D eigenvalue weighted by atomic mass is 16.5. The van der Waals surface area contributed by atoms with Gasteiger partial charge in [0.15, 0.2) is 0 Å². The average Bonchev–Trinajstić information content (AvgIpc) is 2.36. The predicted octanol–water partition coefficient (Wildman–Crippen LogP) is 1.35. The number of carboxylic acid groups (broad SMARTS) is 1. The average molecular weight is 247 g/mol. The summed E-state index contributed by atoms with van der Waals surface area (Å²) in [5, 5.41) is 9.66. The van der Waals surface area contributed by atoms with E-state index in [1.54, 1.807) is 31.4 Å². The van der Waals surface area contributed by atoms with Gasteiger partial charge in [0.2, 0.25) is 0 Å². The summed E-state index contributed by atoms with van der Waals surface area (Å²) >= 11 is 0. The maximum Gasteiger partial charge on any atom is 0.336 e. The van der Waals surface area contributed by atoms with Crippen LogP contribution in [0.3, 0.4) is 0 Å². The number of benzene rings is 1. The van der Waals surface area contributed by atoms with Gasteiger partial charge in [-0.15, -0.1) is 0 Å². The zero-order valence-corrected chi connectivity index (χ0v) is 9.92. The number of rotatable bonds is 4. The largest absolute Gasteiger partial charge is 0.478 e. The molecule has 0 fully saturated rings. The van der Waals surface area contributed by atoms with Crippen LogP contribution in [0.25, 0.3) is 10.9 Å². The highest BCUT2D eigenvalue weighted by molar-refractivity contribution is 6.02. The molecule has 0 unspecified atom stereocenters. The molecule has 0 atom stereocenters. The molecule has 2 aromatic rings. The van der Waals surface area contributed by atoms with Crippen LogP contribution in [0.15, 0.2) is 35.1 Å². The van der Waals surface area contributed by atoms with Crippen molar-refractivity contribution in [2.45, 2.75) is 6.54 Å². The molecule has 18 heavy (non-hydrogen) atoms. The molecule has 0 spiro atoms. The number of carboxylic acids is 1. The topological polar surface area (TPSA) is 68.5 Å². The Kier molecular flexibility index (Phi) is 3.43. The second kappa shape index (κ2) is 5.01. The van der Waals surface area contributed by atoms with Crippen molar-refractivity contribution in [1.29, 1.82) is 0 Å². The van der Waals surface area contributed by atoms with Crippen molar-refractivity contribution in [3.05, 3.63) is 46.2 Å². The molecule has 1 aromatic heterocycles. The number of nitrogens with zero attached hydrogens (tertiary/aromatic N) is 1. The second-order valence-corrected chi connectivity index (χ2v) is 3.86. The minimum atomic E-state index is -1.10. The van der Waals surface area contributed by atoms with E-state index in [2.05, 4.69) is 0 Å². The minimum absolute atomic E-state index is 0.0317. The van der Waals surface area contributed by atoms with Gasteiger partial charge in [-0.25, -0.2) is 4.79 Å². The van der Waals surface area contributed by atoms with E-state index in [-0.39, 0.29) is 11.1 Å². The molecule has 1 aromatic carbocycles. The molecule has 94 valence electrons. The van der Waals surface area contributed by atoms with E-state index < -0.39 is 5.97 Å². The van der Waals surface area contributed by atoms with Crippen molar-refractivity contribution < 1.29 is 14.6 Å². The molecule has 5 nitrogen and oxygen atoms in total. The van der Waals surface area contributed by atoms with E-state index in [9.17, 15) is 9.59 Å². The molecule has 0 amide bonds. The Morgan fingerprint density at radius 3 is 2.78 bits per heavy atom. The number of hydrogen-bond acceptors (Lipinski definition) is 3. The lowest BCUT2D eigenvalue weighted by molar-refractivity contribution is 0.0698. The third kappa shape index (κ3) is 2.12. The first-order chi connectivity index (χ1) is 8.65. The number of para-hydroxylation sites is 1. The highest BCUT2D eigenvalue weighted by Gasteiger charge is 2.12. The van der Waals surface area contributed by atoms with Crippen molar-refractivity contribution in [2.75, 3.05) is 13.7 Å². The first-order valence-electron chi connectivity index (χ1n) is 5.50. The van der Waals surface area contributed by atoms with Crippen LogP contribution in [0, 0.1) is 0 Å². The van der Waals surface area contributed by atoms with E-state index in [1.807, 2.05) is 0 Å². The van der Waals surface area contributed by atoms with Gasteiger partial charge in [0.25, 0.3) is 5.56 Å². The van der Waals surface area contributed by atoms with Gasteiger partial charge in [-0.2, -0.15) is 0 Å². The van der Waals surface area contributed by atoms with Gasteiger partial charge in [-0.1, -0.05) is 18.2 Å². The van der Waals surface area contributed by atoms with Crippen LogP contribution in [0.5, 0.6) is 0 Å². The summed E-state index contributed by atoms with van der Waals surface area (Å²) < 4.78 is 6.47. The Morgan fingerprint density at radius 1 is 1.39 bits per heavy atom. The maximum absolute atomic E-state index is 11.9.